The summed E-state index contributed by atoms with van der Waals surface area (Å²) in [6.07, 6.45) is 0. The van der Waals surface area contributed by atoms with Gasteiger partial charge in [0.1, 0.15) is 0 Å². The molecule has 0 aliphatic heterocycles. The monoisotopic (exact) mass is 294 g/mol. The lowest BCUT2D eigenvalue weighted by molar-refractivity contribution is 0.0961. The van der Waals surface area contributed by atoms with Crippen molar-refractivity contribution in [2.24, 2.45) is 0 Å². The Labute approximate surface area is 102 Å². The first-order valence-corrected chi connectivity index (χ1v) is 5.56. The van der Waals surface area contributed by atoms with Crippen molar-refractivity contribution in [2.45, 2.75) is 18.2 Å². The number of benzene rings is 1. The van der Waals surface area contributed by atoms with Crippen molar-refractivity contribution in [1.29, 1.82) is 0 Å². The Balaban J connectivity index is 3.10. The molecule has 4 heteroatoms. The summed E-state index contributed by atoms with van der Waals surface area (Å²) >= 11 is 14.9. The van der Waals surface area contributed by atoms with E-state index < -0.39 is 4.32 Å². The van der Waals surface area contributed by atoms with Crippen LogP contribution in [0.25, 0.3) is 0 Å². The summed E-state index contributed by atoms with van der Waals surface area (Å²) in [4.78, 5) is 11.8. The maximum absolute atomic E-state index is 11.8. The second kappa shape index (κ2) is 4.21. The van der Waals surface area contributed by atoms with Crippen molar-refractivity contribution >= 4 is 44.9 Å². The van der Waals surface area contributed by atoms with Crippen LogP contribution in [0.4, 0.5) is 0 Å². The lowest BCUT2D eigenvalue weighted by atomic mass is 10.0. The summed E-state index contributed by atoms with van der Waals surface area (Å²) in [5, 5.41) is 0.852. The van der Waals surface area contributed by atoms with Gasteiger partial charge in [0.2, 0.25) is 0 Å². The molecular formula is C10H9BrCl2O. The Morgan fingerprint density at radius 3 is 2.29 bits per heavy atom. The van der Waals surface area contributed by atoms with Crippen molar-refractivity contribution in [1.82, 2.24) is 0 Å². The number of halogens is 3. The number of Topliss-reactive ketones (excluding diaryl/α,β-unsaturated/α-hetero) is 1. The van der Waals surface area contributed by atoms with E-state index in [1.165, 1.54) is 0 Å². The van der Waals surface area contributed by atoms with Crippen LogP contribution in [0.3, 0.4) is 0 Å². The van der Waals surface area contributed by atoms with Crippen LogP contribution in [0.5, 0.6) is 0 Å². The van der Waals surface area contributed by atoms with Crippen molar-refractivity contribution in [3.8, 4) is 0 Å². The van der Waals surface area contributed by atoms with E-state index in [1.54, 1.807) is 32.0 Å². The molecule has 1 nitrogen and oxygen atoms in total. The van der Waals surface area contributed by atoms with E-state index in [0.29, 0.717) is 15.6 Å². The Kier molecular flexibility index (Phi) is 3.62. The molecule has 0 heterocycles. The fourth-order valence-corrected chi connectivity index (χ4v) is 1.51. The molecule has 0 bridgehead atoms. The van der Waals surface area contributed by atoms with Crippen LogP contribution in [0.1, 0.15) is 24.2 Å². The molecule has 0 fully saturated rings. The maximum Gasteiger partial charge on any atom is 0.179 e. The van der Waals surface area contributed by atoms with E-state index in [9.17, 15) is 4.79 Å². The van der Waals surface area contributed by atoms with Crippen molar-refractivity contribution in [3.63, 3.8) is 0 Å². The van der Waals surface area contributed by atoms with Crippen molar-refractivity contribution in [3.05, 3.63) is 33.8 Å². The molecule has 1 rings (SSSR count). The van der Waals surface area contributed by atoms with E-state index in [4.69, 9.17) is 23.2 Å². The third-order valence-electron chi connectivity index (χ3n) is 1.72. The Morgan fingerprint density at radius 2 is 1.86 bits per heavy atom. The van der Waals surface area contributed by atoms with Crippen LogP contribution in [0.15, 0.2) is 18.2 Å². The molecule has 76 valence electrons. The van der Waals surface area contributed by atoms with Gasteiger partial charge in [0.25, 0.3) is 0 Å². The predicted octanol–water partition coefficient (Wildman–Crippen LogP) is 4.35. The number of alkyl halides is 1. The van der Waals surface area contributed by atoms with E-state index >= 15 is 0 Å². The summed E-state index contributed by atoms with van der Waals surface area (Å²) in [7, 11) is 0. The standard InChI is InChI=1S/C10H9BrCl2O/c1-10(2,11)9(14)6-3-4-7(12)8(13)5-6/h3-5H,1-2H3. The molecule has 0 amide bonds. The SMILES string of the molecule is CC(C)(Br)C(=O)c1ccc(Cl)c(Cl)c1. The minimum absolute atomic E-state index is 0.0175. The summed E-state index contributed by atoms with van der Waals surface area (Å²) in [6, 6.07) is 4.87. The highest BCUT2D eigenvalue weighted by atomic mass is 79.9. The van der Waals surface area contributed by atoms with E-state index in [2.05, 4.69) is 15.9 Å². The van der Waals surface area contributed by atoms with Crippen molar-refractivity contribution in [2.75, 3.05) is 0 Å². The molecule has 0 aromatic heterocycles. The molecule has 14 heavy (non-hydrogen) atoms. The average Bonchev–Trinajstić information content (AvgIpc) is 2.07. The lowest BCUT2D eigenvalue weighted by Crippen LogP contribution is -2.23. The zero-order valence-electron chi connectivity index (χ0n) is 7.77. The molecule has 1 aromatic rings. The first-order valence-electron chi connectivity index (χ1n) is 4.01. The Morgan fingerprint density at radius 1 is 1.29 bits per heavy atom. The summed E-state index contributed by atoms with van der Waals surface area (Å²) in [5.74, 6) is -0.0175. The van der Waals surface area contributed by atoms with Crippen LogP contribution in [0, 0.1) is 0 Å². The fraction of sp³-hybridized carbons (Fsp3) is 0.300. The Hall–Kier alpha value is -0.0500. The Bertz CT molecular complexity index is 369. The first-order chi connectivity index (χ1) is 6.32. The molecular weight excluding hydrogens is 287 g/mol. The van der Waals surface area contributed by atoms with Crippen LogP contribution in [0.2, 0.25) is 10.0 Å². The van der Waals surface area contributed by atoms with Crippen LogP contribution >= 0.6 is 39.1 Å². The van der Waals surface area contributed by atoms with E-state index in [0.717, 1.165) is 0 Å². The fourth-order valence-electron chi connectivity index (χ4n) is 0.981. The van der Waals surface area contributed by atoms with Gasteiger partial charge in [-0.2, -0.15) is 0 Å². The molecule has 0 atom stereocenters. The number of ketones is 1. The smallest absolute Gasteiger partial charge is 0.179 e. The predicted molar refractivity (Wildman–Crippen MR) is 63.8 cm³/mol. The topological polar surface area (TPSA) is 17.1 Å². The first kappa shape index (κ1) is 12.0. The molecule has 0 unspecified atom stereocenters. The summed E-state index contributed by atoms with van der Waals surface area (Å²) in [5.41, 5.74) is 0.557. The zero-order chi connectivity index (χ0) is 10.9. The molecule has 0 saturated heterocycles. The third-order valence-corrected chi connectivity index (χ3v) is 2.82. The highest BCUT2D eigenvalue weighted by Gasteiger charge is 2.25. The van der Waals surface area contributed by atoms with Gasteiger partial charge in [-0.15, -0.1) is 0 Å². The maximum atomic E-state index is 11.8. The van der Waals surface area contributed by atoms with Gasteiger partial charge in [0, 0.05) is 5.56 Å². The van der Waals surface area contributed by atoms with Gasteiger partial charge in [0.15, 0.2) is 5.78 Å². The van der Waals surface area contributed by atoms with Gasteiger partial charge in [0.05, 0.1) is 14.4 Å². The van der Waals surface area contributed by atoms with Crippen LogP contribution < -0.4 is 0 Å². The second-order valence-electron chi connectivity index (χ2n) is 3.43. The van der Waals surface area contributed by atoms with Gasteiger partial charge in [-0.05, 0) is 32.0 Å². The van der Waals surface area contributed by atoms with E-state index in [1.807, 2.05) is 0 Å². The molecule has 0 spiro atoms. The summed E-state index contributed by atoms with van der Waals surface area (Å²) in [6.45, 7) is 3.58. The number of hydrogen-bond donors (Lipinski definition) is 0. The molecule has 0 N–H and O–H groups in total. The molecule has 0 aliphatic carbocycles. The van der Waals surface area contributed by atoms with Gasteiger partial charge < -0.3 is 0 Å². The quantitative estimate of drug-likeness (QED) is 0.585. The molecule has 1 aromatic carbocycles. The van der Waals surface area contributed by atoms with Crippen LogP contribution in [-0.4, -0.2) is 10.1 Å². The lowest BCUT2D eigenvalue weighted by Gasteiger charge is -2.14. The van der Waals surface area contributed by atoms with Gasteiger partial charge in [-0.25, -0.2) is 0 Å². The number of hydrogen-bond acceptors (Lipinski definition) is 1. The third kappa shape index (κ3) is 2.72. The second-order valence-corrected chi connectivity index (χ2v) is 6.23. The minimum atomic E-state index is -0.579. The highest BCUT2D eigenvalue weighted by Crippen LogP contribution is 2.27. The number of carbonyl (C=O) groups excluding carboxylic acids is 1. The number of rotatable bonds is 2. The van der Waals surface area contributed by atoms with Gasteiger partial charge >= 0.3 is 0 Å². The normalized spacial score (nSPS) is 11.5. The van der Waals surface area contributed by atoms with Gasteiger partial charge in [-0.3, -0.25) is 4.79 Å². The van der Waals surface area contributed by atoms with E-state index in [-0.39, 0.29) is 5.78 Å². The molecule has 0 aliphatic rings. The highest BCUT2D eigenvalue weighted by molar-refractivity contribution is 9.10. The zero-order valence-corrected chi connectivity index (χ0v) is 10.9. The van der Waals surface area contributed by atoms with Crippen LogP contribution in [-0.2, 0) is 0 Å². The largest absolute Gasteiger partial charge is 0.293 e. The average molecular weight is 296 g/mol. The van der Waals surface area contributed by atoms with Gasteiger partial charge in [-0.1, -0.05) is 39.1 Å². The summed E-state index contributed by atoms with van der Waals surface area (Å²) < 4.78 is -0.579. The number of carbonyl (C=O) groups is 1. The van der Waals surface area contributed by atoms with Crippen molar-refractivity contribution < 1.29 is 4.79 Å². The molecule has 0 radical (unpaired) electrons. The molecule has 0 saturated carbocycles. The minimum Gasteiger partial charge on any atom is -0.293 e.